The Balaban J connectivity index is 1.48. The van der Waals surface area contributed by atoms with Gasteiger partial charge < -0.3 is 16.4 Å². The van der Waals surface area contributed by atoms with Crippen LogP contribution in [0.25, 0.3) is 5.69 Å². The van der Waals surface area contributed by atoms with Crippen LogP contribution in [0.1, 0.15) is 57.3 Å². The molecule has 3 aromatic carbocycles. The smallest absolute Gasteiger partial charge is 0.326 e. The van der Waals surface area contributed by atoms with Gasteiger partial charge in [-0.05, 0) is 71.8 Å². The van der Waals surface area contributed by atoms with Crippen molar-refractivity contribution >= 4 is 22.3 Å². The number of carbonyl (C=O) groups excluding carboxylic acids is 1. The number of nitrogens with two attached hydrogens (primary N) is 1. The summed E-state index contributed by atoms with van der Waals surface area (Å²) in [7, 11) is -2.65. The Kier molecular flexibility index (Phi) is 8.76. The molecule has 1 amide bonds. The van der Waals surface area contributed by atoms with Crippen LogP contribution in [-0.4, -0.2) is 30.7 Å². The third kappa shape index (κ3) is 7.07. The number of hydrogen-bond donors (Lipinski definition) is 4. The van der Waals surface area contributed by atoms with Gasteiger partial charge in [0.1, 0.15) is 16.4 Å². The minimum absolute atomic E-state index is 0.111. The van der Waals surface area contributed by atoms with Crippen molar-refractivity contribution < 1.29 is 26.4 Å². The van der Waals surface area contributed by atoms with Crippen molar-refractivity contribution in [3.05, 3.63) is 113 Å². The van der Waals surface area contributed by atoms with Crippen LogP contribution in [0.2, 0.25) is 0 Å². The molecule has 0 bridgehead atoms. The second kappa shape index (κ2) is 12.5. The van der Waals surface area contributed by atoms with E-state index in [0.717, 1.165) is 35.2 Å². The molecule has 1 atom stereocenters. The van der Waals surface area contributed by atoms with Crippen molar-refractivity contribution in [2.45, 2.75) is 37.4 Å². The van der Waals surface area contributed by atoms with Crippen LogP contribution in [-0.2, 0) is 29.2 Å². The van der Waals surface area contributed by atoms with Crippen molar-refractivity contribution in [2.24, 2.45) is 11.7 Å². The number of carbonyl (C=O) groups is 1. The van der Waals surface area contributed by atoms with E-state index in [1.807, 2.05) is 18.2 Å². The van der Waals surface area contributed by atoms with Crippen LogP contribution >= 0.6 is 0 Å². The van der Waals surface area contributed by atoms with Crippen LogP contribution in [0.3, 0.4) is 0 Å². The van der Waals surface area contributed by atoms with Gasteiger partial charge in [-0.3, -0.25) is 4.79 Å². The Morgan fingerprint density at radius 1 is 1.02 bits per heavy atom. The zero-order chi connectivity index (χ0) is 29.9. The largest absolute Gasteiger partial charge is 0.435 e. The first kappa shape index (κ1) is 29.5. The van der Waals surface area contributed by atoms with E-state index in [4.69, 9.17) is 5.73 Å². The number of anilines is 1. The summed E-state index contributed by atoms with van der Waals surface area (Å²) in [5.74, 6) is -0.348. The molecule has 4 N–H and O–H groups in total. The molecule has 0 aliphatic heterocycles. The summed E-state index contributed by atoms with van der Waals surface area (Å²) in [5, 5.41) is 9.94. The fraction of sp³-hybridized carbons (Fsp3) is 0.267. The molecular weight excluding hydrogens is 567 g/mol. The van der Waals surface area contributed by atoms with E-state index in [-0.39, 0.29) is 29.7 Å². The van der Waals surface area contributed by atoms with Crippen LogP contribution in [0.15, 0.2) is 78.9 Å². The number of hydrogen-bond acceptors (Lipinski definition) is 6. The normalized spacial score (nSPS) is 14.2. The van der Waals surface area contributed by atoms with Gasteiger partial charge in [0.2, 0.25) is 0 Å². The molecule has 0 radical (unpaired) electrons. The van der Waals surface area contributed by atoms with Gasteiger partial charge in [0.05, 0.1) is 17.5 Å². The third-order valence-electron chi connectivity index (χ3n) is 7.07. The van der Waals surface area contributed by atoms with Gasteiger partial charge in [-0.25, -0.2) is 13.1 Å². The lowest BCUT2D eigenvalue weighted by molar-refractivity contribution is -0.141. The van der Waals surface area contributed by atoms with Gasteiger partial charge in [0, 0.05) is 18.3 Å². The number of aromatic nitrogens is 2. The predicted molar refractivity (Wildman–Crippen MR) is 154 cm³/mol. The second-order valence-corrected chi connectivity index (χ2v) is 11.2. The summed E-state index contributed by atoms with van der Waals surface area (Å²) >= 11 is 0. The number of thiol groups is 1. The van der Waals surface area contributed by atoms with Gasteiger partial charge in [-0.1, -0.05) is 48.5 Å². The molecule has 8 nitrogen and oxygen atoms in total. The molecule has 1 fully saturated rings. The molecule has 1 saturated carbocycles. The van der Waals surface area contributed by atoms with E-state index >= 15 is 0 Å². The number of amides is 1. The first-order valence-corrected chi connectivity index (χ1v) is 14.8. The van der Waals surface area contributed by atoms with E-state index in [0.29, 0.717) is 28.8 Å². The minimum Gasteiger partial charge on any atom is -0.326 e. The Morgan fingerprint density at radius 3 is 2.50 bits per heavy atom. The van der Waals surface area contributed by atoms with E-state index in [1.54, 1.807) is 54.6 Å². The molecule has 12 heteroatoms. The lowest BCUT2D eigenvalue weighted by Crippen LogP contribution is -2.26. The molecule has 1 unspecified atom stereocenters. The average Bonchev–Trinajstić information content (AvgIpc) is 3.67. The highest BCUT2D eigenvalue weighted by molar-refractivity contribution is 7.71. The van der Waals surface area contributed by atoms with Crippen LogP contribution in [0.4, 0.5) is 18.9 Å². The number of nitrogens with one attached hydrogen (secondary N) is 2. The first-order valence-electron chi connectivity index (χ1n) is 13.4. The van der Waals surface area contributed by atoms with Gasteiger partial charge in [0.25, 0.3) is 5.91 Å². The zero-order valence-corrected chi connectivity index (χ0v) is 23.4. The molecule has 0 spiro atoms. The Hall–Kier alpha value is -4.00. The fourth-order valence-corrected chi connectivity index (χ4v) is 5.36. The summed E-state index contributed by atoms with van der Waals surface area (Å²) < 4.78 is 64.9. The number of nitrogens with zero attached hydrogens (tertiary/aromatic N) is 2. The Labute approximate surface area is 242 Å². The summed E-state index contributed by atoms with van der Waals surface area (Å²) in [4.78, 5) is 13.4. The molecular formula is C30H30F3N5O3S. The summed E-state index contributed by atoms with van der Waals surface area (Å²) in [6.07, 6.45) is -2.52. The average molecular weight is 598 g/mol. The highest BCUT2D eigenvalue weighted by Crippen LogP contribution is 2.33. The predicted octanol–water partition coefficient (Wildman–Crippen LogP) is 4.80. The highest BCUT2D eigenvalue weighted by atomic mass is 32.2. The van der Waals surface area contributed by atoms with Crippen molar-refractivity contribution in [3.63, 3.8) is 0 Å². The summed E-state index contributed by atoms with van der Waals surface area (Å²) in [6, 6.07) is 21.1. The summed E-state index contributed by atoms with van der Waals surface area (Å²) in [5.41, 5.74) is 7.74. The molecule has 42 heavy (non-hydrogen) atoms. The highest BCUT2D eigenvalue weighted by Gasteiger charge is 2.36. The van der Waals surface area contributed by atoms with E-state index < -0.39 is 28.5 Å². The molecule has 220 valence electrons. The zero-order valence-electron chi connectivity index (χ0n) is 22.5. The standard InChI is InChI=1S/C30H30F3N5O3S/c31-30(32,33)27-15-26(38(37-27)24-9-3-5-20(13-24)16-34)29(39)36-23-8-4-7-21(14-23)28(35-17-19-11-12-19)25-10-2-1-6-22(25)18-42(40)41/h1-10,13-15,19,28,35,42H,11-12,16-18,34H2,(H,36,39). The second-order valence-electron chi connectivity index (χ2n) is 10.3. The van der Waals surface area contributed by atoms with Crippen LogP contribution in [0.5, 0.6) is 0 Å². The first-order chi connectivity index (χ1) is 20.1. The van der Waals surface area contributed by atoms with Crippen molar-refractivity contribution in [1.29, 1.82) is 0 Å². The number of alkyl halides is 3. The molecule has 0 saturated heterocycles. The fourth-order valence-electron chi connectivity index (χ4n) is 4.80. The van der Waals surface area contributed by atoms with E-state index in [9.17, 15) is 26.4 Å². The van der Waals surface area contributed by atoms with E-state index in [1.165, 1.54) is 0 Å². The van der Waals surface area contributed by atoms with Crippen LogP contribution < -0.4 is 16.4 Å². The monoisotopic (exact) mass is 597 g/mol. The maximum absolute atomic E-state index is 13.6. The van der Waals surface area contributed by atoms with Crippen molar-refractivity contribution in [3.8, 4) is 5.69 Å². The maximum Gasteiger partial charge on any atom is 0.435 e. The van der Waals surface area contributed by atoms with Crippen molar-refractivity contribution in [1.82, 2.24) is 15.1 Å². The molecule has 1 aliphatic rings. The maximum atomic E-state index is 13.6. The molecule has 1 heterocycles. The van der Waals surface area contributed by atoms with Gasteiger partial charge in [-0.15, -0.1) is 0 Å². The lowest BCUT2D eigenvalue weighted by Gasteiger charge is -2.23. The van der Waals surface area contributed by atoms with E-state index in [2.05, 4.69) is 15.7 Å². The number of halogens is 3. The third-order valence-corrected chi connectivity index (χ3v) is 7.67. The van der Waals surface area contributed by atoms with Gasteiger partial charge in [-0.2, -0.15) is 18.3 Å². The topological polar surface area (TPSA) is 119 Å². The Bertz CT molecular complexity index is 1660. The van der Waals surface area contributed by atoms with Gasteiger partial charge in [0.15, 0.2) is 5.69 Å². The molecule has 1 aliphatic carbocycles. The molecule has 4 aromatic rings. The van der Waals surface area contributed by atoms with Gasteiger partial charge >= 0.3 is 6.18 Å². The van der Waals surface area contributed by atoms with Crippen LogP contribution in [0, 0.1) is 5.92 Å². The molecule has 1 aromatic heterocycles. The number of benzene rings is 3. The van der Waals surface area contributed by atoms with Crippen molar-refractivity contribution in [2.75, 3.05) is 11.9 Å². The Morgan fingerprint density at radius 2 is 1.79 bits per heavy atom. The minimum atomic E-state index is -4.76. The summed E-state index contributed by atoms with van der Waals surface area (Å²) in [6.45, 7) is 0.903. The SMILES string of the molecule is NCc1cccc(-n2nc(C(F)(F)F)cc2C(=O)Nc2cccc(C(NCC3CC3)c3ccccc3C[SH](=O)=O)c2)c1. The quantitative estimate of drug-likeness (QED) is 0.185. The molecule has 5 rings (SSSR count). The lowest BCUT2D eigenvalue weighted by atomic mass is 9.94. The number of rotatable bonds is 11.